The number of hydrogen-bond donors (Lipinski definition) is 2. The summed E-state index contributed by atoms with van der Waals surface area (Å²) in [6.07, 6.45) is 1.62. The van der Waals surface area contributed by atoms with E-state index in [1.165, 1.54) is 6.26 Å². The molecule has 0 radical (unpaired) electrons. The molecule has 1 aromatic carbocycles. The summed E-state index contributed by atoms with van der Waals surface area (Å²) in [6.45, 7) is 1.70. The first-order chi connectivity index (χ1) is 8.38. The third-order valence-electron chi connectivity index (χ3n) is 3.02. The van der Waals surface area contributed by atoms with Gasteiger partial charge >= 0.3 is 0 Å². The van der Waals surface area contributed by atoms with Gasteiger partial charge in [0, 0.05) is 6.26 Å². The van der Waals surface area contributed by atoms with Crippen LogP contribution < -0.4 is 0 Å². The van der Waals surface area contributed by atoms with Crippen molar-refractivity contribution in [2.75, 3.05) is 12.9 Å². The summed E-state index contributed by atoms with van der Waals surface area (Å²) in [6, 6.07) is 6.77. The molecule has 102 valence electrons. The van der Waals surface area contributed by atoms with Crippen molar-refractivity contribution in [1.29, 1.82) is 0 Å². The first-order valence-electron chi connectivity index (χ1n) is 5.97. The normalized spacial score (nSPS) is 15.3. The molecule has 0 saturated heterocycles. The summed E-state index contributed by atoms with van der Waals surface area (Å²) in [5.41, 5.74) is 0.882. The fraction of sp³-hybridized carbons (Fsp3) is 0.538. The molecule has 0 aromatic heterocycles. The van der Waals surface area contributed by atoms with E-state index in [1.807, 2.05) is 13.0 Å². The van der Waals surface area contributed by atoms with Gasteiger partial charge in [0.1, 0.15) is 0 Å². The Morgan fingerprint density at radius 2 is 2.00 bits per heavy atom. The van der Waals surface area contributed by atoms with Crippen molar-refractivity contribution in [1.82, 2.24) is 0 Å². The average molecular weight is 272 g/mol. The highest BCUT2D eigenvalue weighted by atomic mass is 32.2. The highest BCUT2D eigenvalue weighted by molar-refractivity contribution is 7.90. The number of benzene rings is 1. The number of aliphatic hydroxyl groups excluding tert-OH is 2. The second-order valence-electron chi connectivity index (χ2n) is 4.52. The van der Waals surface area contributed by atoms with Crippen LogP contribution >= 0.6 is 0 Å². The predicted molar refractivity (Wildman–Crippen MR) is 70.3 cm³/mol. The van der Waals surface area contributed by atoms with E-state index in [0.29, 0.717) is 6.42 Å². The molecular formula is C13H20O4S. The molecule has 2 atom stereocenters. The summed E-state index contributed by atoms with van der Waals surface area (Å²) < 4.78 is 23.0. The van der Waals surface area contributed by atoms with Crippen molar-refractivity contribution < 1.29 is 18.6 Å². The Hall–Kier alpha value is -0.910. The number of sulfone groups is 1. The Balaban J connectivity index is 3.00. The fourth-order valence-electron chi connectivity index (χ4n) is 1.94. The van der Waals surface area contributed by atoms with Gasteiger partial charge in [-0.05, 0) is 36.5 Å². The fourth-order valence-corrected chi connectivity index (χ4v) is 2.62. The summed E-state index contributed by atoms with van der Waals surface area (Å²) in [5, 5.41) is 18.3. The maximum atomic E-state index is 11.5. The molecule has 0 saturated carbocycles. The molecule has 0 heterocycles. The Morgan fingerprint density at radius 1 is 1.33 bits per heavy atom. The molecule has 0 spiro atoms. The molecule has 0 bridgehead atoms. The van der Waals surface area contributed by atoms with Crippen molar-refractivity contribution in [3.8, 4) is 0 Å². The quantitative estimate of drug-likeness (QED) is 0.819. The minimum Gasteiger partial charge on any atom is -0.394 e. The highest BCUT2D eigenvalue weighted by Gasteiger charge is 2.16. The van der Waals surface area contributed by atoms with Gasteiger partial charge in [-0.3, -0.25) is 0 Å². The molecular weight excluding hydrogens is 252 g/mol. The second kappa shape index (κ2) is 6.31. The first-order valence-corrected chi connectivity index (χ1v) is 7.86. The van der Waals surface area contributed by atoms with E-state index in [0.717, 1.165) is 12.0 Å². The molecule has 5 heteroatoms. The molecule has 0 fully saturated rings. The maximum Gasteiger partial charge on any atom is 0.175 e. The topological polar surface area (TPSA) is 74.6 Å². The third-order valence-corrected chi connectivity index (χ3v) is 4.13. The largest absolute Gasteiger partial charge is 0.394 e. The summed E-state index contributed by atoms with van der Waals surface area (Å²) >= 11 is 0. The van der Waals surface area contributed by atoms with Crippen LogP contribution in [0.4, 0.5) is 0 Å². The van der Waals surface area contributed by atoms with E-state index in [4.69, 9.17) is 5.11 Å². The van der Waals surface area contributed by atoms with Crippen LogP contribution in [0.3, 0.4) is 0 Å². The van der Waals surface area contributed by atoms with Crippen molar-refractivity contribution in [3.63, 3.8) is 0 Å². The van der Waals surface area contributed by atoms with Crippen LogP contribution in [0, 0.1) is 0 Å². The zero-order valence-corrected chi connectivity index (χ0v) is 11.5. The third kappa shape index (κ3) is 4.08. The first kappa shape index (κ1) is 15.1. The van der Waals surface area contributed by atoms with Gasteiger partial charge in [-0.25, -0.2) is 8.42 Å². The second-order valence-corrected chi connectivity index (χ2v) is 6.54. The van der Waals surface area contributed by atoms with E-state index in [2.05, 4.69) is 0 Å². The van der Waals surface area contributed by atoms with Gasteiger partial charge in [0.2, 0.25) is 0 Å². The summed E-state index contributed by atoms with van der Waals surface area (Å²) in [4.78, 5) is 0.289. The van der Waals surface area contributed by atoms with Crippen LogP contribution in [0.25, 0.3) is 0 Å². The molecule has 0 aliphatic carbocycles. The smallest absolute Gasteiger partial charge is 0.175 e. The van der Waals surface area contributed by atoms with E-state index >= 15 is 0 Å². The molecule has 18 heavy (non-hydrogen) atoms. The summed E-state index contributed by atoms with van der Waals surface area (Å²) in [5.74, 6) is 0.0499. The van der Waals surface area contributed by atoms with Gasteiger partial charge in [-0.2, -0.15) is 0 Å². The van der Waals surface area contributed by atoms with Crippen LogP contribution in [0.1, 0.15) is 31.2 Å². The van der Waals surface area contributed by atoms with Crippen molar-refractivity contribution in [3.05, 3.63) is 29.8 Å². The maximum absolute atomic E-state index is 11.5. The van der Waals surface area contributed by atoms with Gasteiger partial charge in [0.15, 0.2) is 9.84 Å². The average Bonchev–Trinajstić information content (AvgIpc) is 2.34. The lowest BCUT2D eigenvalue weighted by Gasteiger charge is -2.18. The van der Waals surface area contributed by atoms with E-state index in [-0.39, 0.29) is 17.4 Å². The standard InChI is InChI=1S/C13H20O4S/c1-3-10(7-12(15)9-14)11-5-4-6-13(8-11)18(2,16)17/h4-6,8,10,12,14-15H,3,7,9H2,1-2H3. The number of hydrogen-bond acceptors (Lipinski definition) is 4. The molecule has 2 unspecified atom stereocenters. The number of rotatable bonds is 6. The molecule has 2 N–H and O–H groups in total. The SMILES string of the molecule is CCC(CC(O)CO)c1cccc(S(C)(=O)=O)c1. The monoisotopic (exact) mass is 272 g/mol. The van der Waals surface area contributed by atoms with E-state index in [9.17, 15) is 13.5 Å². The predicted octanol–water partition coefficient (Wildman–Crippen LogP) is 1.33. The summed E-state index contributed by atoms with van der Waals surface area (Å²) in [7, 11) is -3.21. The van der Waals surface area contributed by atoms with Crippen molar-refractivity contribution in [2.45, 2.75) is 36.7 Å². The molecule has 0 amide bonds. The van der Waals surface area contributed by atoms with Gasteiger partial charge < -0.3 is 10.2 Å². The molecule has 1 aromatic rings. The molecule has 0 aliphatic rings. The molecule has 1 rings (SSSR count). The van der Waals surface area contributed by atoms with Gasteiger partial charge in [0.25, 0.3) is 0 Å². The van der Waals surface area contributed by atoms with E-state index in [1.54, 1.807) is 18.2 Å². The van der Waals surface area contributed by atoms with Gasteiger partial charge in [0.05, 0.1) is 17.6 Å². The van der Waals surface area contributed by atoms with Crippen LogP contribution in [0.2, 0.25) is 0 Å². The van der Waals surface area contributed by atoms with Crippen LogP contribution in [-0.2, 0) is 9.84 Å². The Bertz CT molecular complexity index is 482. The highest BCUT2D eigenvalue weighted by Crippen LogP contribution is 2.26. The lowest BCUT2D eigenvalue weighted by molar-refractivity contribution is 0.0817. The zero-order chi connectivity index (χ0) is 13.8. The molecule has 0 aliphatic heterocycles. The minimum atomic E-state index is -3.21. The Labute approximate surface area is 108 Å². The lowest BCUT2D eigenvalue weighted by Crippen LogP contribution is -2.16. The number of aliphatic hydroxyl groups is 2. The van der Waals surface area contributed by atoms with Crippen molar-refractivity contribution in [2.24, 2.45) is 0 Å². The van der Waals surface area contributed by atoms with Crippen LogP contribution in [0.5, 0.6) is 0 Å². The Morgan fingerprint density at radius 3 is 2.50 bits per heavy atom. The zero-order valence-electron chi connectivity index (χ0n) is 10.7. The minimum absolute atomic E-state index is 0.0499. The van der Waals surface area contributed by atoms with Crippen molar-refractivity contribution >= 4 is 9.84 Å². The van der Waals surface area contributed by atoms with Crippen LogP contribution in [0.15, 0.2) is 29.2 Å². The van der Waals surface area contributed by atoms with E-state index < -0.39 is 15.9 Å². The molecule has 4 nitrogen and oxygen atoms in total. The van der Waals surface area contributed by atoms with Crippen LogP contribution in [-0.4, -0.2) is 37.6 Å². The van der Waals surface area contributed by atoms with Gasteiger partial charge in [-0.1, -0.05) is 19.1 Å². The lowest BCUT2D eigenvalue weighted by atomic mass is 9.91. The van der Waals surface area contributed by atoms with Gasteiger partial charge in [-0.15, -0.1) is 0 Å². The Kier molecular flexibility index (Phi) is 5.31.